The molecular formula is C62H37N3S. The highest BCUT2D eigenvalue weighted by Crippen LogP contribution is 2.63. The highest BCUT2D eigenvalue weighted by atomic mass is 32.1. The van der Waals surface area contributed by atoms with Crippen LogP contribution in [0.15, 0.2) is 224 Å². The lowest BCUT2D eigenvalue weighted by Gasteiger charge is -2.30. The molecule has 2 aromatic heterocycles. The summed E-state index contributed by atoms with van der Waals surface area (Å²) >= 11 is 1.85. The molecule has 3 nitrogen and oxygen atoms in total. The number of benzene rings is 10. The first kappa shape index (κ1) is 37.1. The Kier molecular flexibility index (Phi) is 8.07. The molecule has 0 N–H and O–H groups in total. The largest absolute Gasteiger partial charge is 0.208 e. The second-order valence-electron chi connectivity index (χ2n) is 17.4. The van der Waals surface area contributed by atoms with E-state index in [9.17, 15) is 0 Å². The second-order valence-corrected chi connectivity index (χ2v) is 18.5. The Bertz CT molecular complexity index is 3890. The smallest absolute Gasteiger partial charge is 0.164 e. The number of hydrogen-bond acceptors (Lipinski definition) is 4. The minimum Gasteiger partial charge on any atom is -0.208 e. The third-order valence-electron chi connectivity index (χ3n) is 14.0. The van der Waals surface area contributed by atoms with Gasteiger partial charge in [0, 0.05) is 36.9 Å². The lowest BCUT2D eigenvalue weighted by molar-refractivity contribution is 0.794. The average molecular weight is 856 g/mol. The molecule has 2 aliphatic rings. The number of aromatic nitrogens is 3. The van der Waals surface area contributed by atoms with Gasteiger partial charge in [0.15, 0.2) is 17.5 Å². The zero-order valence-electron chi connectivity index (χ0n) is 35.6. The fourth-order valence-corrected chi connectivity index (χ4v) is 12.2. The maximum atomic E-state index is 5.40. The van der Waals surface area contributed by atoms with E-state index in [0.29, 0.717) is 17.5 Å². The molecule has 306 valence electrons. The van der Waals surface area contributed by atoms with Crippen LogP contribution in [0.1, 0.15) is 22.3 Å². The highest BCUT2D eigenvalue weighted by molar-refractivity contribution is 7.25. The van der Waals surface area contributed by atoms with Crippen molar-refractivity contribution in [1.82, 2.24) is 15.0 Å². The van der Waals surface area contributed by atoms with Gasteiger partial charge in [-0.2, -0.15) is 0 Å². The van der Waals surface area contributed by atoms with Crippen LogP contribution in [0.2, 0.25) is 0 Å². The summed E-state index contributed by atoms with van der Waals surface area (Å²) in [5, 5.41) is 5.06. The molecule has 1 spiro atoms. The number of nitrogens with zero attached hydrogens (tertiary/aromatic N) is 3. The van der Waals surface area contributed by atoms with Crippen molar-refractivity contribution < 1.29 is 0 Å². The normalized spacial score (nSPS) is 13.0. The molecule has 4 heteroatoms. The van der Waals surface area contributed by atoms with Gasteiger partial charge in [-0.15, -0.1) is 11.3 Å². The van der Waals surface area contributed by atoms with Gasteiger partial charge >= 0.3 is 0 Å². The van der Waals surface area contributed by atoms with E-state index in [1.807, 2.05) is 11.3 Å². The zero-order chi connectivity index (χ0) is 43.3. The van der Waals surface area contributed by atoms with E-state index < -0.39 is 5.41 Å². The van der Waals surface area contributed by atoms with Crippen molar-refractivity contribution in [2.75, 3.05) is 0 Å². The van der Waals surface area contributed by atoms with Gasteiger partial charge in [0.05, 0.1) is 5.41 Å². The van der Waals surface area contributed by atoms with E-state index in [4.69, 9.17) is 15.0 Å². The van der Waals surface area contributed by atoms with E-state index in [0.717, 1.165) is 27.8 Å². The Labute approximate surface area is 386 Å². The maximum absolute atomic E-state index is 5.40. The first-order valence-electron chi connectivity index (χ1n) is 22.5. The van der Waals surface area contributed by atoms with Gasteiger partial charge in [0.2, 0.25) is 0 Å². The lowest BCUT2D eigenvalue weighted by Crippen LogP contribution is -2.25. The van der Waals surface area contributed by atoms with E-state index >= 15 is 0 Å². The van der Waals surface area contributed by atoms with Crippen LogP contribution in [-0.2, 0) is 5.41 Å². The summed E-state index contributed by atoms with van der Waals surface area (Å²) in [6.07, 6.45) is 0. The first-order chi connectivity index (χ1) is 32.7. The van der Waals surface area contributed by atoms with Crippen molar-refractivity contribution in [3.05, 3.63) is 247 Å². The monoisotopic (exact) mass is 855 g/mol. The molecule has 0 saturated carbocycles. The second kappa shape index (κ2) is 14.3. The van der Waals surface area contributed by atoms with Gasteiger partial charge in [0.1, 0.15) is 0 Å². The van der Waals surface area contributed by atoms with Crippen molar-refractivity contribution in [1.29, 1.82) is 0 Å². The van der Waals surface area contributed by atoms with E-state index in [2.05, 4.69) is 224 Å². The summed E-state index contributed by atoms with van der Waals surface area (Å²) in [7, 11) is 0. The minimum atomic E-state index is -0.472. The molecular weight excluding hydrogens is 819 g/mol. The summed E-state index contributed by atoms with van der Waals surface area (Å²) in [6.45, 7) is 0. The Morgan fingerprint density at radius 2 is 0.758 bits per heavy atom. The van der Waals surface area contributed by atoms with Gasteiger partial charge in [0.25, 0.3) is 0 Å². The summed E-state index contributed by atoms with van der Waals surface area (Å²) < 4.78 is 2.60. The summed E-state index contributed by atoms with van der Waals surface area (Å²) in [4.78, 5) is 16.1. The van der Waals surface area contributed by atoms with Crippen LogP contribution >= 0.6 is 11.3 Å². The van der Waals surface area contributed by atoms with Crippen LogP contribution < -0.4 is 0 Å². The Balaban J connectivity index is 0.940. The van der Waals surface area contributed by atoms with Crippen molar-refractivity contribution in [2.24, 2.45) is 0 Å². The molecule has 0 atom stereocenters. The molecule has 0 amide bonds. The highest BCUT2D eigenvalue weighted by Gasteiger charge is 2.52. The quantitative estimate of drug-likeness (QED) is 0.173. The molecule has 2 heterocycles. The maximum Gasteiger partial charge on any atom is 0.164 e. The lowest BCUT2D eigenvalue weighted by atomic mass is 9.70. The van der Waals surface area contributed by atoms with Crippen LogP contribution in [0.3, 0.4) is 0 Å². The van der Waals surface area contributed by atoms with Crippen LogP contribution in [0.25, 0.3) is 110 Å². The number of hydrogen-bond donors (Lipinski definition) is 0. The fraction of sp³-hybridized carbons (Fsp3) is 0.0161. The fourth-order valence-electron chi connectivity index (χ4n) is 11.1. The summed E-state index contributed by atoms with van der Waals surface area (Å²) in [5.41, 5.74) is 17.2. The Hall–Kier alpha value is -8.31. The third kappa shape index (κ3) is 5.40. The van der Waals surface area contributed by atoms with Gasteiger partial charge in [-0.3, -0.25) is 0 Å². The van der Waals surface area contributed by atoms with Crippen LogP contribution in [-0.4, -0.2) is 15.0 Å². The molecule has 66 heavy (non-hydrogen) atoms. The predicted octanol–water partition coefficient (Wildman–Crippen LogP) is 16.1. The summed E-state index contributed by atoms with van der Waals surface area (Å²) in [5.74, 6) is 1.92. The molecule has 0 saturated heterocycles. The molecule has 0 fully saturated rings. The molecule has 0 radical (unpaired) electrons. The molecule has 12 aromatic rings. The van der Waals surface area contributed by atoms with Crippen molar-refractivity contribution >= 4 is 42.3 Å². The third-order valence-corrected chi connectivity index (χ3v) is 15.1. The van der Waals surface area contributed by atoms with Crippen LogP contribution in [0.4, 0.5) is 0 Å². The number of fused-ring (bicyclic) bond motifs is 14. The number of rotatable bonds is 5. The molecule has 0 bridgehead atoms. The molecule has 10 aromatic carbocycles. The van der Waals surface area contributed by atoms with Crippen molar-refractivity contribution in [3.8, 4) is 78.7 Å². The summed E-state index contributed by atoms with van der Waals surface area (Å²) in [6, 6.07) is 81.4. The van der Waals surface area contributed by atoms with E-state index in [-0.39, 0.29) is 0 Å². The SMILES string of the molecule is c1ccc2c(c1)-c1ccccc1C21c2ccccc2-c2c(-c3nc(-c4ccc(-c5ccc6c(c5)sc5ccccc56)cc4)nc(-c4ccc(-c5cccc6ccccc56)cc4)n3)cccc21. The first-order valence-corrected chi connectivity index (χ1v) is 23.3. The van der Waals surface area contributed by atoms with Gasteiger partial charge in [-0.05, 0) is 89.7 Å². The molecule has 14 rings (SSSR count). The Morgan fingerprint density at radius 1 is 0.288 bits per heavy atom. The standard InChI is InChI=1S/C62H37N3S/c1-2-15-44-39(13-1)14-11-20-45(44)40-29-33-42(34-30-40)60-63-59(41-31-27-38(28-32-41)43-35-36-49-48-18-6-10-26-56(48)66-57(49)37-43)64-61(65-60)51-21-12-25-55-58(51)50-19-5-9-24-54(50)62(55)52-22-7-3-16-46(52)47-17-4-8-23-53(47)62/h1-37H. The predicted molar refractivity (Wildman–Crippen MR) is 274 cm³/mol. The van der Waals surface area contributed by atoms with Gasteiger partial charge in [-0.1, -0.05) is 212 Å². The average Bonchev–Trinajstić information content (AvgIpc) is 4.02. The van der Waals surface area contributed by atoms with Gasteiger partial charge in [-0.25, -0.2) is 15.0 Å². The Morgan fingerprint density at radius 3 is 1.48 bits per heavy atom. The molecule has 0 unspecified atom stereocenters. The van der Waals surface area contributed by atoms with Gasteiger partial charge < -0.3 is 0 Å². The molecule has 2 aliphatic carbocycles. The minimum absolute atomic E-state index is 0.472. The van der Waals surface area contributed by atoms with E-state index in [1.165, 1.54) is 86.6 Å². The van der Waals surface area contributed by atoms with Crippen molar-refractivity contribution in [2.45, 2.75) is 5.41 Å². The number of thiophene rings is 1. The topological polar surface area (TPSA) is 38.7 Å². The van der Waals surface area contributed by atoms with Crippen LogP contribution in [0, 0.1) is 0 Å². The van der Waals surface area contributed by atoms with Crippen LogP contribution in [0.5, 0.6) is 0 Å². The molecule has 0 aliphatic heterocycles. The zero-order valence-corrected chi connectivity index (χ0v) is 36.4. The van der Waals surface area contributed by atoms with Crippen molar-refractivity contribution in [3.63, 3.8) is 0 Å². The van der Waals surface area contributed by atoms with E-state index in [1.54, 1.807) is 0 Å².